The van der Waals surface area contributed by atoms with E-state index in [0.29, 0.717) is 32.4 Å². The predicted molar refractivity (Wildman–Crippen MR) is 124 cm³/mol. The third-order valence-electron chi connectivity index (χ3n) is 4.82. The smallest absolute Gasteiger partial charge is 0.263 e. The molecule has 8 heteroatoms. The SMILES string of the molecule is CCC(C(=O)Nc1ccc(Cl)cc1Cl)n1cnc2scc(-c3ccccc3)c2c1=O. The zero-order chi connectivity index (χ0) is 21.3. The van der Waals surface area contributed by atoms with Crippen molar-refractivity contribution in [2.45, 2.75) is 19.4 Å². The van der Waals surface area contributed by atoms with Crippen LogP contribution in [0, 0.1) is 0 Å². The molecule has 0 fully saturated rings. The van der Waals surface area contributed by atoms with Crippen LogP contribution in [0.1, 0.15) is 19.4 Å². The second-order valence-corrected chi connectivity index (χ2v) is 8.39. The lowest BCUT2D eigenvalue weighted by molar-refractivity contribution is -0.119. The molecule has 0 aliphatic rings. The highest BCUT2D eigenvalue weighted by molar-refractivity contribution is 7.17. The van der Waals surface area contributed by atoms with Gasteiger partial charge in [-0.05, 0) is 30.2 Å². The van der Waals surface area contributed by atoms with Gasteiger partial charge in [-0.2, -0.15) is 0 Å². The number of carbonyl (C=O) groups is 1. The number of carbonyl (C=O) groups excluding carboxylic acids is 1. The second kappa shape index (κ2) is 8.60. The highest BCUT2D eigenvalue weighted by atomic mass is 35.5. The van der Waals surface area contributed by atoms with Crippen molar-refractivity contribution >= 4 is 56.3 Å². The summed E-state index contributed by atoms with van der Waals surface area (Å²) in [6, 6.07) is 13.8. The van der Waals surface area contributed by atoms with E-state index < -0.39 is 6.04 Å². The molecule has 152 valence electrons. The first-order chi connectivity index (χ1) is 14.5. The molecule has 0 bridgehead atoms. The number of thiophene rings is 1. The summed E-state index contributed by atoms with van der Waals surface area (Å²) < 4.78 is 1.39. The predicted octanol–water partition coefficient (Wildman–Crippen LogP) is 6.02. The van der Waals surface area contributed by atoms with E-state index >= 15 is 0 Å². The van der Waals surface area contributed by atoms with Crippen LogP contribution in [0.4, 0.5) is 5.69 Å². The van der Waals surface area contributed by atoms with Crippen molar-refractivity contribution in [3.05, 3.63) is 80.6 Å². The van der Waals surface area contributed by atoms with Gasteiger partial charge in [0.05, 0.1) is 22.4 Å². The van der Waals surface area contributed by atoms with Crippen molar-refractivity contribution in [2.24, 2.45) is 0 Å². The quantitative estimate of drug-likeness (QED) is 0.398. The molecule has 0 saturated carbocycles. The fourth-order valence-electron chi connectivity index (χ4n) is 3.31. The normalized spacial score (nSPS) is 12.1. The van der Waals surface area contributed by atoms with E-state index in [1.165, 1.54) is 22.2 Å². The minimum Gasteiger partial charge on any atom is -0.323 e. The van der Waals surface area contributed by atoms with Crippen LogP contribution >= 0.6 is 34.5 Å². The summed E-state index contributed by atoms with van der Waals surface area (Å²) in [5.41, 5.74) is 1.95. The zero-order valence-corrected chi connectivity index (χ0v) is 18.3. The van der Waals surface area contributed by atoms with Gasteiger partial charge in [0.15, 0.2) is 0 Å². The molecule has 4 rings (SSSR count). The maximum atomic E-state index is 13.4. The summed E-state index contributed by atoms with van der Waals surface area (Å²) in [4.78, 5) is 31.4. The van der Waals surface area contributed by atoms with Crippen molar-refractivity contribution in [1.29, 1.82) is 0 Å². The number of hydrogen-bond donors (Lipinski definition) is 1. The van der Waals surface area contributed by atoms with Gasteiger partial charge in [-0.3, -0.25) is 14.2 Å². The van der Waals surface area contributed by atoms with Crippen LogP contribution in [-0.2, 0) is 4.79 Å². The minimum absolute atomic E-state index is 0.246. The van der Waals surface area contributed by atoms with Crippen molar-refractivity contribution < 1.29 is 4.79 Å². The van der Waals surface area contributed by atoms with Crippen LogP contribution in [0.2, 0.25) is 10.0 Å². The maximum Gasteiger partial charge on any atom is 0.263 e. The maximum absolute atomic E-state index is 13.4. The Morgan fingerprint density at radius 1 is 1.20 bits per heavy atom. The fraction of sp³-hybridized carbons (Fsp3) is 0.136. The van der Waals surface area contributed by atoms with Gasteiger partial charge in [-0.25, -0.2) is 4.98 Å². The number of hydrogen-bond acceptors (Lipinski definition) is 4. The summed E-state index contributed by atoms with van der Waals surface area (Å²) in [5.74, 6) is -0.346. The Morgan fingerprint density at radius 2 is 1.97 bits per heavy atom. The van der Waals surface area contributed by atoms with Gasteiger partial charge < -0.3 is 5.32 Å². The van der Waals surface area contributed by atoms with Gasteiger partial charge in [-0.15, -0.1) is 11.3 Å². The molecule has 0 saturated heterocycles. The topological polar surface area (TPSA) is 64.0 Å². The van der Waals surface area contributed by atoms with Crippen LogP contribution in [0.15, 0.2) is 65.0 Å². The van der Waals surface area contributed by atoms with E-state index in [-0.39, 0.29) is 11.5 Å². The van der Waals surface area contributed by atoms with Crippen LogP contribution in [-0.4, -0.2) is 15.5 Å². The number of nitrogens with zero attached hydrogens (tertiary/aromatic N) is 2. The molecule has 30 heavy (non-hydrogen) atoms. The first-order valence-corrected chi connectivity index (χ1v) is 10.9. The van der Waals surface area contributed by atoms with E-state index in [2.05, 4.69) is 10.3 Å². The number of amides is 1. The Bertz CT molecular complexity index is 1280. The van der Waals surface area contributed by atoms with Gasteiger partial charge >= 0.3 is 0 Å². The van der Waals surface area contributed by atoms with Gasteiger partial charge in [0, 0.05) is 16.0 Å². The third-order valence-corrected chi connectivity index (χ3v) is 6.25. The van der Waals surface area contributed by atoms with Gasteiger partial charge in [0.25, 0.3) is 5.56 Å². The van der Waals surface area contributed by atoms with Crippen LogP contribution in [0.5, 0.6) is 0 Å². The Hall–Kier alpha value is -2.67. The molecule has 1 unspecified atom stereocenters. The fourth-order valence-corrected chi connectivity index (χ4v) is 4.68. The Labute approximate surface area is 186 Å². The Kier molecular flexibility index (Phi) is 5.90. The molecule has 0 spiro atoms. The molecule has 1 amide bonds. The van der Waals surface area contributed by atoms with E-state index in [1.54, 1.807) is 18.2 Å². The number of halogens is 2. The van der Waals surface area contributed by atoms with Gasteiger partial charge in [0.2, 0.25) is 5.91 Å². The second-order valence-electron chi connectivity index (χ2n) is 6.69. The van der Waals surface area contributed by atoms with E-state index in [1.807, 2.05) is 42.6 Å². The molecule has 2 aromatic heterocycles. The molecule has 1 atom stereocenters. The molecule has 5 nitrogen and oxygen atoms in total. The highest BCUT2D eigenvalue weighted by Gasteiger charge is 2.23. The number of benzene rings is 2. The van der Waals surface area contributed by atoms with E-state index in [4.69, 9.17) is 23.2 Å². The number of anilines is 1. The van der Waals surface area contributed by atoms with Gasteiger partial charge in [0.1, 0.15) is 10.9 Å². The minimum atomic E-state index is -0.732. The first-order valence-electron chi connectivity index (χ1n) is 9.29. The molecular weight excluding hydrogens is 441 g/mol. The number of aromatic nitrogens is 2. The third kappa shape index (κ3) is 3.86. The lowest BCUT2D eigenvalue weighted by Gasteiger charge is -2.18. The monoisotopic (exact) mass is 457 g/mol. The zero-order valence-electron chi connectivity index (χ0n) is 15.9. The lowest BCUT2D eigenvalue weighted by atomic mass is 10.1. The van der Waals surface area contributed by atoms with Crippen LogP contribution in [0.3, 0.4) is 0 Å². The molecule has 0 aliphatic carbocycles. The summed E-state index contributed by atoms with van der Waals surface area (Å²) >= 11 is 13.5. The summed E-state index contributed by atoms with van der Waals surface area (Å²) in [7, 11) is 0. The largest absolute Gasteiger partial charge is 0.323 e. The molecule has 4 aromatic rings. The van der Waals surface area contributed by atoms with Crippen molar-refractivity contribution in [1.82, 2.24) is 9.55 Å². The Morgan fingerprint density at radius 3 is 2.67 bits per heavy atom. The average Bonchev–Trinajstić information content (AvgIpc) is 3.18. The van der Waals surface area contributed by atoms with Crippen molar-refractivity contribution in [2.75, 3.05) is 5.32 Å². The van der Waals surface area contributed by atoms with Crippen molar-refractivity contribution in [3.63, 3.8) is 0 Å². The highest BCUT2D eigenvalue weighted by Crippen LogP contribution is 2.31. The number of fused-ring (bicyclic) bond motifs is 1. The molecular formula is C22H17Cl2N3O2S. The molecule has 2 heterocycles. The number of nitrogens with one attached hydrogen (secondary N) is 1. The van der Waals surface area contributed by atoms with Crippen LogP contribution < -0.4 is 10.9 Å². The van der Waals surface area contributed by atoms with Crippen LogP contribution in [0.25, 0.3) is 21.3 Å². The average molecular weight is 458 g/mol. The standard InChI is InChI=1S/C22H17Cl2N3O2S/c1-2-18(20(28)26-17-9-8-14(23)10-16(17)24)27-12-25-21-19(22(27)29)15(11-30-21)13-6-4-3-5-7-13/h3-12,18H,2H2,1H3,(H,26,28). The molecule has 1 N–H and O–H groups in total. The summed E-state index contributed by atoms with van der Waals surface area (Å²) in [6.45, 7) is 1.84. The Balaban J connectivity index is 1.74. The summed E-state index contributed by atoms with van der Waals surface area (Å²) in [6.07, 6.45) is 1.85. The number of rotatable bonds is 5. The first kappa shape index (κ1) is 20.6. The molecule has 2 aromatic carbocycles. The van der Waals surface area contributed by atoms with Crippen molar-refractivity contribution in [3.8, 4) is 11.1 Å². The molecule has 0 radical (unpaired) electrons. The lowest BCUT2D eigenvalue weighted by Crippen LogP contribution is -2.33. The van der Waals surface area contributed by atoms with E-state index in [9.17, 15) is 9.59 Å². The van der Waals surface area contributed by atoms with E-state index in [0.717, 1.165) is 11.1 Å². The van der Waals surface area contributed by atoms with Gasteiger partial charge in [-0.1, -0.05) is 60.5 Å². The summed E-state index contributed by atoms with van der Waals surface area (Å²) in [5, 5.41) is 6.03. The molecule has 0 aliphatic heterocycles.